The van der Waals surface area contributed by atoms with E-state index in [9.17, 15) is 18.4 Å². The number of amides is 1. The Balaban J connectivity index is 1.61. The van der Waals surface area contributed by atoms with Gasteiger partial charge in [-0.1, -0.05) is 48.0 Å². The van der Waals surface area contributed by atoms with Crippen LogP contribution in [-0.4, -0.2) is 18.5 Å². The van der Waals surface area contributed by atoms with Crippen LogP contribution < -0.4 is 10.1 Å². The van der Waals surface area contributed by atoms with Gasteiger partial charge in [0.15, 0.2) is 6.61 Å². The topological polar surface area (TPSA) is 64.6 Å². The molecule has 154 valence electrons. The zero-order valence-electron chi connectivity index (χ0n) is 16.2. The molecule has 5 nitrogen and oxygen atoms in total. The van der Waals surface area contributed by atoms with E-state index in [2.05, 4.69) is 5.32 Å². The number of halogens is 2. The molecule has 0 spiro atoms. The largest absolute Gasteiger partial charge is 0.488 e. The number of rotatable bonds is 7. The van der Waals surface area contributed by atoms with Crippen molar-refractivity contribution in [1.29, 1.82) is 0 Å². The first-order valence-electron chi connectivity index (χ1n) is 9.12. The molecule has 1 N–H and O–H groups in total. The lowest BCUT2D eigenvalue weighted by atomic mass is 10.1. The molecule has 0 aromatic heterocycles. The van der Waals surface area contributed by atoms with Crippen molar-refractivity contribution in [2.75, 3.05) is 11.9 Å². The summed E-state index contributed by atoms with van der Waals surface area (Å²) < 4.78 is 37.9. The van der Waals surface area contributed by atoms with E-state index in [0.29, 0.717) is 5.75 Å². The Labute approximate surface area is 172 Å². The minimum atomic E-state index is -0.926. The van der Waals surface area contributed by atoms with E-state index >= 15 is 0 Å². The summed E-state index contributed by atoms with van der Waals surface area (Å²) in [5.41, 5.74) is 1.56. The van der Waals surface area contributed by atoms with E-state index in [0.717, 1.165) is 23.3 Å². The molecule has 0 saturated carbocycles. The Morgan fingerprint density at radius 1 is 0.933 bits per heavy atom. The van der Waals surface area contributed by atoms with Crippen LogP contribution >= 0.6 is 0 Å². The van der Waals surface area contributed by atoms with Gasteiger partial charge in [0, 0.05) is 0 Å². The van der Waals surface area contributed by atoms with Crippen LogP contribution in [0.15, 0.2) is 66.7 Å². The first-order valence-corrected chi connectivity index (χ1v) is 9.12. The highest BCUT2D eigenvalue weighted by atomic mass is 19.1. The second-order valence-corrected chi connectivity index (χ2v) is 6.49. The Kier molecular flexibility index (Phi) is 6.75. The SMILES string of the molecule is Cc1cccc(COc2ccccc2C(=O)OCC(=O)Nc2c(F)cccc2F)c1. The normalized spacial score (nSPS) is 10.4. The number of hydrogen-bond acceptors (Lipinski definition) is 4. The van der Waals surface area contributed by atoms with Crippen molar-refractivity contribution < 1.29 is 27.8 Å². The second-order valence-electron chi connectivity index (χ2n) is 6.49. The Morgan fingerprint density at radius 3 is 2.37 bits per heavy atom. The van der Waals surface area contributed by atoms with Crippen LogP contribution in [0.1, 0.15) is 21.5 Å². The standard InChI is InChI=1S/C23H19F2NO4/c1-15-6-4-7-16(12-15)13-29-20-11-3-2-8-17(20)23(28)30-14-21(27)26-22-18(24)9-5-10-19(22)25/h2-12H,13-14H2,1H3,(H,26,27). The first-order chi connectivity index (χ1) is 14.4. The van der Waals surface area contributed by atoms with Gasteiger partial charge in [0.1, 0.15) is 35.2 Å². The van der Waals surface area contributed by atoms with E-state index in [1.54, 1.807) is 18.2 Å². The predicted octanol–water partition coefficient (Wildman–Crippen LogP) is 4.65. The molecule has 0 bridgehead atoms. The number of esters is 1. The van der Waals surface area contributed by atoms with Gasteiger partial charge in [-0.2, -0.15) is 0 Å². The summed E-state index contributed by atoms with van der Waals surface area (Å²) in [7, 11) is 0. The fourth-order valence-electron chi connectivity index (χ4n) is 2.73. The average molecular weight is 411 g/mol. The smallest absolute Gasteiger partial charge is 0.342 e. The maximum atomic E-state index is 13.6. The zero-order chi connectivity index (χ0) is 21.5. The maximum Gasteiger partial charge on any atom is 0.342 e. The summed E-state index contributed by atoms with van der Waals surface area (Å²) in [6.45, 7) is 1.50. The number of nitrogens with one attached hydrogen (secondary N) is 1. The molecule has 0 aliphatic carbocycles. The van der Waals surface area contributed by atoms with Crippen molar-refractivity contribution in [3.63, 3.8) is 0 Å². The highest BCUT2D eigenvalue weighted by Gasteiger charge is 2.17. The summed E-state index contributed by atoms with van der Waals surface area (Å²) in [6.07, 6.45) is 0. The van der Waals surface area contributed by atoms with Gasteiger partial charge >= 0.3 is 5.97 Å². The molecule has 3 aromatic carbocycles. The lowest BCUT2D eigenvalue weighted by molar-refractivity contribution is -0.119. The van der Waals surface area contributed by atoms with Crippen LogP contribution in [0.2, 0.25) is 0 Å². The number of carbonyl (C=O) groups excluding carboxylic acids is 2. The van der Waals surface area contributed by atoms with E-state index in [1.807, 2.05) is 31.2 Å². The van der Waals surface area contributed by atoms with Gasteiger partial charge in [-0.15, -0.1) is 0 Å². The van der Waals surface area contributed by atoms with Crippen molar-refractivity contribution in [3.8, 4) is 5.75 Å². The van der Waals surface area contributed by atoms with Crippen LogP contribution in [0.5, 0.6) is 5.75 Å². The Hall–Kier alpha value is -3.74. The number of hydrogen-bond donors (Lipinski definition) is 1. The van der Waals surface area contributed by atoms with E-state index in [-0.39, 0.29) is 12.2 Å². The molecule has 0 radical (unpaired) electrons. The number of aryl methyl sites for hydroxylation is 1. The second kappa shape index (κ2) is 9.65. The number of carbonyl (C=O) groups is 2. The summed E-state index contributed by atoms with van der Waals surface area (Å²) >= 11 is 0. The molecule has 7 heteroatoms. The molecule has 1 amide bonds. The summed E-state index contributed by atoms with van der Waals surface area (Å²) in [5.74, 6) is -3.22. The summed E-state index contributed by atoms with van der Waals surface area (Å²) in [5, 5.41) is 2.05. The molecule has 0 heterocycles. The van der Waals surface area contributed by atoms with Crippen LogP contribution in [0, 0.1) is 18.6 Å². The van der Waals surface area contributed by atoms with Crippen molar-refractivity contribution in [3.05, 3.63) is 95.1 Å². The fraction of sp³-hybridized carbons (Fsp3) is 0.130. The van der Waals surface area contributed by atoms with Crippen molar-refractivity contribution in [2.45, 2.75) is 13.5 Å². The number of anilines is 1. The van der Waals surface area contributed by atoms with Gasteiger partial charge in [0.25, 0.3) is 5.91 Å². The maximum absolute atomic E-state index is 13.6. The third kappa shape index (κ3) is 5.41. The van der Waals surface area contributed by atoms with Gasteiger partial charge in [-0.25, -0.2) is 13.6 Å². The molecule has 0 aliphatic rings. The van der Waals surface area contributed by atoms with Crippen LogP contribution in [0.4, 0.5) is 14.5 Å². The van der Waals surface area contributed by atoms with Gasteiger partial charge in [0.2, 0.25) is 0 Å². The van der Waals surface area contributed by atoms with Crippen LogP contribution in [0.3, 0.4) is 0 Å². The monoisotopic (exact) mass is 411 g/mol. The van der Waals surface area contributed by atoms with Crippen LogP contribution in [0.25, 0.3) is 0 Å². The highest BCUT2D eigenvalue weighted by Crippen LogP contribution is 2.21. The van der Waals surface area contributed by atoms with Gasteiger partial charge in [-0.05, 0) is 36.8 Å². The molecule has 30 heavy (non-hydrogen) atoms. The number of para-hydroxylation sites is 2. The van der Waals surface area contributed by atoms with Crippen molar-refractivity contribution in [1.82, 2.24) is 0 Å². The summed E-state index contributed by atoms with van der Waals surface area (Å²) in [6, 6.07) is 17.4. The minimum Gasteiger partial charge on any atom is -0.488 e. The van der Waals surface area contributed by atoms with Gasteiger partial charge in [-0.3, -0.25) is 4.79 Å². The summed E-state index contributed by atoms with van der Waals surface area (Å²) in [4.78, 5) is 24.3. The fourth-order valence-corrected chi connectivity index (χ4v) is 2.73. The highest BCUT2D eigenvalue weighted by molar-refractivity contribution is 5.96. The minimum absolute atomic E-state index is 0.134. The molecule has 3 rings (SSSR count). The number of ether oxygens (including phenoxy) is 2. The average Bonchev–Trinajstić information content (AvgIpc) is 2.73. The predicted molar refractivity (Wildman–Crippen MR) is 107 cm³/mol. The lowest BCUT2D eigenvalue weighted by Crippen LogP contribution is -2.22. The lowest BCUT2D eigenvalue weighted by Gasteiger charge is -2.12. The van der Waals surface area contributed by atoms with Gasteiger partial charge < -0.3 is 14.8 Å². The number of benzene rings is 3. The molecular weight excluding hydrogens is 392 g/mol. The quantitative estimate of drug-likeness (QED) is 0.575. The van der Waals surface area contributed by atoms with E-state index < -0.39 is 35.8 Å². The van der Waals surface area contributed by atoms with E-state index in [4.69, 9.17) is 9.47 Å². The van der Waals surface area contributed by atoms with E-state index in [1.165, 1.54) is 12.1 Å². The molecular formula is C23H19F2NO4. The first kappa shape index (κ1) is 21.0. The Morgan fingerprint density at radius 2 is 1.63 bits per heavy atom. The van der Waals surface area contributed by atoms with Crippen molar-refractivity contribution in [2.24, 2.45) is 0 Å². The van der Waals surface area contributed by atoms with Gasteiger partial charge in [0.05, 0.1) is 0 Å². The third-order valence-electron chi connectivity index (χ3n) is 4.15. The molecule has 0 aliphatic heterocycles. The third-order valence-corrected chi connectivity index (χ3v) is 4.15. The molecule has 0 fully saturated rings. The molecule has 0 atom stereocenters. The van der Waals surface area contributed by atoms with Crippen molar-refractivity contribution >= 4 is 17.6 Å². The molecule has 0 unspecified atom stereocenters. The Bertz CT molecular complexity index is 1050. The molecule has 3 aromatic rings. The zero-order valence-corrected chi connectivity index (χ0v) is 16.2. The molecule has 0 saturated heterocycles. The van der Waals surface area contributed by atoms with Crippen LogP contribution in [-0.2, 0) is 16.1 Å².